The minimum Gasteiger partial charge on any atom is 0 e. The third-order valence-corrected chi connectivity index (χ3v) is 0. The molecule has 0 amide bonds. The van der Waals surface area contributed by atoms with Gasteiger partial charge >= 0.3 is 0 Å². The molecule has 52 valence electrons. The second-order valence-corrected chi connectivity index (χ2v) is 0. The van der Waals surface area contributed by atoms with Crippen molar-refractivity contribution >= 4 is 123 Å². The summed E-state index contributed by atoms with van der Waals surface area (Å²) in [6.07, 6.45) is 0. The Kier molecular flexibility index (Phi) is 1120. The van der Waals surface area contributed by atoms with E-state index in [1.54, 1.807) is 0 Å². The van der Waals surface area contributed by atoms with E-state index in [0.29, 0.717) is 0 Å². The Balaban J connectivity index is 0. The molecule has 0 unspecified atom stereocenters. The summed E-state index contributed by atoms with van der Waals surface area (Å²) in [5, 5.41) is 0. The zero-order chi connectivity index (χ0) is 0. The van der Waals surface area contributed by atoms with Gasteiger partial charge in [-0.05, 0) is 0 Å². The average molecular weight is 716 g/mol. The van der Waals surface area contributed by atoms with Crippen molar-refractivity contribution in [3.05, 3.63) is 0 Å². The number of hydrogen-bond donors (Lipinski definition) is 0. The molecule has 0 fully saturated rings. The van der Waals surface area contributed by atoms with Crippen molar-refractivity contribution in [2.24, 2.45) is 0 Å². The van der Waals surface area contributed by atoms with Crippen LogP contribution in [0, 0.1) is 0 Å². The fraction of sp³-hybridized carbons (Fsp3) is 0. The van der Waals surface area contributed by atoms with E-state index in [0.717, 1.165) is 0 Å². The topological polar surface area (TPSA) is 0 Å². The third-order valence-electron chi connectivity index (χ3n) is 0. The first-order chi connectivity index (χ1) is 0. The zero-order valence-corrected chi connectivity index (χ0v) is 24.9. The van der Waals surface area contributed by atoms with Crippen molar-refractivity contribution in [2.75, 3.05) is 0 Å². The smallest absolute Gasteiger partial charge is 0 e. The Bertz CT molecular complexity index is 10.4. The van der Waals surface area contributed by atoms with E-state index in [-0.39, 0.29) is 193 Å². The third kappa shape index (κ3) is 87.9. The van der Waals surface area contributed by atoms with E-state index < -0.39 is 0 Å². The van der Waals surface area contributed by atoms with Crippen molar-refractivity contribution < 1.29 is 69.4 Å². The Labute approximate surface area is 189 Å². The van der Waals surface area contributed by atoms with E-state index in [4.69, 9.17) is 0 Å². The molecule has 0 aromatic heterocycles. The molecule has 11 heavy (non-hydrogen) atoms. The average Bonchev–Trinajstić information content (AvgIpc) is 0. The van der Waals surface area contributed by atoms with Gasteiger partial charge < -0.3 is 0 Å². The van der Waals surface area contributed by atoms with Gasteiger partial charge in [0.15, 0.2) is 0 Å². The molecule has 0 aliphatic heterocycles. The van der Waals surface area contributed by atoms with Crippen LogP contribution in [0.25, 0.3) is 0 Å². The molecule has 0 aliphatic rings. The molecular formula is Cr4Ge7. The van der Waals surface area contributed by atoms with Crippen LogP contribution in [0.3, 0.4) is 0 Å². The van der Waals surface area contributed by atoms with Crippen molar-refractivity contribution in [1.82, 2.24) is 0 Å². The monoisotopic (exact) mass is 725 g/mol. The molecule has 0 bridgehead atoms. The van der Waals surface area contributed by atoms with E-state index in [1.165, 1.54) is 0 Å². The molecule has 0 spiro atoms. The number of hydrogen-bond acceptors (Lipinski definition) is 0. The fourth-order valence-electron chi connectivity index (χ4n) is 0. The van der Waals surface area contributed by atoms with Gasteiger partial charge in [0.1, 0.15) is 0 Å². The van der Waals surface area contributed by atoms with Crippen LogP contribution in [0.15, 0.2) is 0 Å². The van der Waals surface area contributed by atoms with Gasteiger partial charge in [0.25, 0.3) is 0 Å². The normalized spacial score (nSPS) is 0. The van der Waals surface area contributed by atoms with Crippen LogP contribution >= 0.6 is 0 Å². The zero-order valence-electron chi connectivity index (χ0n) is 5.13. The number of rotatable bonds is 0. The molecule has 28 radical (unpaired) electrons. The van der Waals surface area contributed by atoms with Crippen LogP contribution in [-0.2, 0) is 69.4 Å². The first-order valence-electron chi connectivity index (χ1n) is 0. The minimum absolute atomic E-state index is 0. The van der Waals surface area contributed by atoms with Crippen molar-refractivity contribution in [3.8, 4) is 0 Å². The van der Waals surface area contributed by atoms with E-state index >= 15 is 0 Å². The summed E-state index contributed by atoms with van der Waals surface area (Å²) in [5.41, 5.74) is 0. The van der Waals surface area contributed by atoms with Gasteiger partial charge in [-0.15, -0.1) is 0 Å². The molecule has 0 rings (SSSR count). The van der Waals surface area contributed by atoms with Crippen molar-refractivity contribution in [3.63, 3.8) is 0 Å². The van der Waals surface area contributed by atoms with Gasteiger partial charge in [0, 0.05) is 193 Å². The second kappa shape index (κ2) is 101. The summed E-state index contributed by atoms with van der Waals surface area (Å²) in [5.74, 6) is 0. The fourth-order valence-corrected chi connectivity index (χ4v) is 0. The van der Waals surface area contributed by atoms with Crippen LogP contribution < -0.4 is 0 Å². The van der Waals surface area contributed by atoms with Crippen LogP contribution in [0.2, 0.25) is 0 Å². The van der Waals surface area contributed by atoms with Gasteiger partial charge in [-0.25, -0.2) is 0 Å². The standard InChI is InChI=1S/4Cr.7Ge. The molecule has 0 atom stereocenters. The quantitative estimate of drug-likeness (QED) is 0.241. The van der Waals surface area contributed by atoms with Gasteiger partial charge in [0.2, 0.25) is 0 Å². The first-order valence-corrected chi connectivity index (χ1v) is 0. The molecule has 11 heteroatoms. The predicted octanol–water partition coefficient (Wildman–Crippen LogP) is -2.68. The summed E-state index contributed by atoms with van der Waals surface area (Å²) < 4.78 is 0. The van der Waals surface area contributed by atoms with E-state index in [2.05, 4.69) is 0 Å². The summed E-state index contributed by atoms with van der Waals surface area (Å²) in [4.78, 5) is 0. The summed E-state index contributed by atoms with van der Waals surface area (Å²) in [6.45, 7) is 0. The molecule has 0 aromatic rings. The van der Waals surface area contributed by atoms with Crippen LogP contribution in [0.1, 0.15) is 0 Å². The molecule has 0 aromatic carbocycles. The maximum atomic E-state index is 0. The van der Waals surface area contributed by atoms with Gasteiger partial charge in [-0.1, -0.05) is 0 Å². The molecule has 0 N–H and O–H groups in total. The van der Waals surface area contributed by atoms with Crippen LogP contribution in [-0.4, -0.2) is 123 Å². The minimum atomic E-state index is 0. The van der Waals surface area contributed by atoms with E-state index in [1.807, 2.05) is 0 Å². The molecule has 0 nitrogen and oxygen atoms in total. The summed E-state index contributed by atoms with van der Waals surface area (Å²) in [7, 11) is 0. The first kappa shape index (κ1) is 122. The van der Waals surface area contributed by atoms with Crippen molar-refractivity contribution in [2.45, 2.75) is 0 Å². The largest absolute Gasteiger partial charge is 0 e. The Morgan fingerprint density at radius 3 is 0.182 bits per heavy atom. The van der Waals surface area contributed by atoms with E-state index in [9.17, 15) is 0 Å². The maximum absolute atomic E-state index is 0. The second-order valence-electron chi connectivity index (χ2n) is 0. The molecular weight excluding hydrogens is 716 g/mol. The Hall–Kier alpha value is 5.93. The Morgan fingerprint density at radius 1 is 0.182 bits per heavy atom. The van der Waals surface area contributed by atoms with Gasteiger partial charge in [-0.3, -0.25) is 0 Å². The van der Waals surface area contributed by atoms with Gasteiger partial charge in [-0.2, -0.15) is 0 Å². The SMILES string of the molecule is [Cr].[Cr].[Cr].[Cr].[Ge].[Ge].[Ge].[Ge].[Ge].[Ge].[Ge]. The van der Waals surface area contributed by atoms with Gasteiger partial charge in [0.05, 0.1) is 0 Å². The summed E-state index contributed by atoms with van der Waals surface area (Å²) >= 11 is 0. The van der Waals surface area contributed by atoms with Crippen molar-refractivity contribution in [1.29, 1.82) is 0 Å². The van der Waals surface area contributed by atoms with Crippen LogP contribution in [0.5, 0.6) is 0 Å². The molecule has 0 aliphatic carbocycles. The molecule has 0 heterocycles. The summed E-state index contributed by atoms with van der Waals surface area (Å²) in [6, 6.07) is 0. The van der Waals surface area contributed by atoms with Crippen LogP contribution in [0.4, 0.5) is 0 Å². The maximum Gasteiger partial charge on any atom is 0 e. The molecule has 0 saturated heterocycles. The molecule has 0 saturated carbocycles. The Morgan fingerprint density at radius 2 is 0.182 bits per heavy atom. The predicted molar refractivity (Wildman–Crippen MR) is 40.3 cm³/mol.